The second-order valence-corrected chi connectivity index (χ2v) is 10.2. The van der Waals surface area contributed by atoms with Crippen LogP contribution in [-0.4, -0.2) is 67.6 Å². The number of anilines is 1. The van der Waals surface area contributed by atoms with Crippen molar-refractivity contribution < 1.29 is 14.0 Å². The van der Waals surface area contributed by atoms with Crippen molar-refractivity contribution >= 4 is 12.9 Å². The maximum Gasteiger partial charge on any atom is 0.486 e. The third-order valence-electron chi connectivity index (χ3n) is 7.07. The molecule has 2 aromatic rings. The van der Waals surface area contributed by atoms with E-state index in [2.05, 4.69) is 80.0 Å². The van der Waals surface area contributed by atoms with Gasteiger partial charge in [0.05, 0.1) is 24.4 Å². The topological polar surface area (TPSA) is 47.1 Å². The van der Waals surface area contributed by atoms with Gasteiger partial charge < -0.3 is 18.9 Å². The molecular formula is C27H38BN3O3. The minimum absolute atomic E-state index is 0.308. The Balaban J connectivity index is 1.13. The molecule has 34 heavy (non-hydrogen) atoms. The van der Waals surface area contributed by atoms with Gasteiger partial charge in [-0.3, -0.25) is 4.90 Å². The molecule has 1 aromatic carbocycles. The van der Waals surface area contributed by atoms with E-state index in [0.717, 1.165) is 45.0 Å². The molecule has 6 nitrogen and oxygen atoms in total. The Hall–Kier alpha value is -2.19. The van der Waals surface area contributed by atoms with Gasteiger partial charge in [0.25, 0.3) is 0 Å². The predicted molar refractivity (Wildman–Crippen MR) is 138 cm³/mol. The van der Waals surface area contributed by atoms with Gasteiger partial charge in [-0.05, 0) is 51.3 Å². The molecule has 0 saturated carbocycles. The van der Waals surface area contributed by atoms with Gasteiger partial charge >= 0.3 is 7.12 Å². The van der Waals surface area contributed by atoms with Crippen molar-refractivity contribution in [2.24, 2.45) is 0 Å². The molecule has 0 unspecified atom stereocenters. The van der Waals surface area contributed by atoms with Gasteiger partial charge in [0.15, 0.2) is 0 Å². The van der Waals surface area contributed by atoms with Gasteiger partial charge in [0.2, 0.25) is 0 Å². The number of pyridine rings is 1. The zero-order valence-electron chi connectivity index (χ0n) is 21.1. The molecule has 2 saturated heterocycles. The minimum Gasteiger partial charge on any atom is -0.400 e. The molecule has 0 N–H and O–H groups in total. The van der Waals surface area contributed by atoms with Crippen molar-refractivity contribution in [2.75, 3.05) is 44.3 Å². The van der Waals surface area contributed by atoms with Gasteiger partial charge in [-0.15, -0.1) is 0 Å². The van der Waals surface area contributed by atoms with Gasteiger partial charge in [-0.1, -0.05) is 48.4 Å². The van der Waals surface area contributed by atoms with Crippen molar-refractivity contribution in [1.29, 1.82) is 0 Å². The van der Waals surface area contributed by atoms with Crippen molar-refractivity contribution in [3.8, 4) is 0 Å². The number of hydrogen-bond donors (Lipinski definition) is 0. The van der Waals surface area contributed by atoms with Gasteiger partial charge in [-0.2, -0.15) is 0 Å². The van der Waals surface area contributed by atoms with Gasteiger partial charge in [-0.25, -0.2) is 4.98 Å². The monoisotopic (exact) mass is 463 g/mol. The SMILES string of the molecule is CC1(C)OB(/C=C/COCCc2ccc(N3CCN(Cc4ccccc4)CC3)nc2)OC1(C)C. The first-order valence-electron chi connectivity index (χ1n) is 12.4. The Bertz CT molecular complexity index is 910. The summed E-state index contributed by atoms with van der Waals surface area (Å²) in [4.78, 5) is 9.60. The number of rotatable bonds is 9. The minimum atomic E-state index is -0.314. The molecule has 0 atom stereocenters. The lowest BCUT2D eigenvalue weighted by Gasteiger charge is -2.35. The highest BCUT2D eigenvalue weighted by Crippen LogP contribution is 2.36. The van der Waals surface area contributed by atoms with Crippen LogP contribution >= 0.6 is 0 Å². The normalized spacial score (nSPS) is 20.4. The molecular weight excluding hydrogens is 425 g/mol. The van der Waals surface area contributed by atoms with Crippen LogP contribution in [0.2, 0.25) is 0 Å². The highest BCUT2D eigenvalue weighted by Gasteiger charge is 2.49. The first-order valence-corrected chi connectivity index (χ1v) is 12.4. The smallest absolute Gasteiger partial charge is 0.400 e. The van der Waals surface area contributed by atoms with Crippen LogP contribution in [0.5, 0.6) is 0 Å². The lowest BCUT2D eigenvalue weighted by atomic mass is 9.90. The Kier molecular flexibility index (Phi) is 8.09. The highest BCUT2D eigenvalue weighted by molar-refractivity contribution is 6.51. The third kappa shape index (κ3) is 6.48. The molecule has 3 heterocycles. The fourth-order valence-corrected chi connectivity index (χ4v) is 4.20. The number of piperazine rings is 1. The molecule has 2 fully saturated rings. The quantitative estimate of drug-likeness (QED) is 0.411. The van der Waals surface area contributed by atoms with Crippen molar-refractivity contribution in [1.82, 2.24) is 9.88 Å². The van der Waals surface area contributed by atoms with Crippen LogP contribution in [0, 0.1) is 0 Å². The molecule has 0 amide bonds. The molecule has 7 heteroatoms. The van der Waals surface area contributed by atoms with Crippen molar-refractivity contribution in [2.45, 2.75) is 51.9 Å². The molecule has 4 rings (SSSR count). The summed E-state index contributed by atoms with van der Waals surface area (Å²) in [6.45, 7) is 14.6. The van der Waals surface area contributed by atoms with Crippen LogP contribution < -0.4 is 4.90 Å². The van der Waals surface area contributed by atoms with Gasteiger partial charge in [0, 0.05) is 38.9 Å². The lowest BCUT2D eigenvalue weighted by molar-refractivity contribution is 0.00578. The second-order valence-electron chi connectivity index (χ2n) is 10.2. The summed E-state index contributed by atoms with van der Waals surface area (Å²) in [6, 6.07) is 15.0. The average molecular weight is 463 g/mol. The zero-order chi connectivity index (χ0) is 24.0. The van der Waals surface area contributed by atoms with E-state index in [1.165, 1.54) is 11.1 Å². The molecule has 0 spiro atoms. The maximum atomic E-state index is 5.95. The summed E-state index contributed by atoms with van der Waals surface area (Å²) in [5.41, 5.74) is 1.96. The van der Waals surface area contributed by atoms with Crippen molar-refractivity contribution in [3.05, 3.63) is 71.8 Å². The van der Waals surface area contributed by atoms with Crippen LogP contribution in [0.25, 0.3) is 0 Å². The largest absolute Gasteiger partial charge is 0.486 e. The number of ether oxygens (including phenoxy) is 1. The van der Waals surface area contributed by atoms with E-state index in [-0.39, 0.29) is 18.3 Å². The van der Waals surface area contributed by atoms with Crippen LogP contribution in [0.3, 0.4) is 0 Å². The fraction of sp³-hybridized carbons (Fsp3) is 0.519. The lowest BCUT2D eigenvalue weighted by Crippen LogP contribution is -2.46. The molecule has 0 bridgehead atoms. The Morgan fingerprint density at radius 2 is 1.65 bits per heavy atom. The van der Waals surface area contributed by atoms with Crippen LogP contribution in [-0.2, 0) is 27.0 Å². The average Bonchev–Trinajstić information content (AvgIpc) is 3.03. The molecule has 2 aliphatic rings. The third-order valence-corrected chi connectivity index (χ3v) is 7.07. The van der Waals surface area contributed by atoms with E-state index in [1.807, 2.05) is 18.2 Å². The Morgan fingerprint density at radius 3 is 2.29 bits per heavy atom. The summed E-state index contributed by atoms with van der Waals surface area (Å²) >= 11 is 0. The van der Waals surface area contributed by atoms with Crippen LogP contribution in [0.4, 0.5) is 5.82 Å². The predicted octanol–water partition coefficient (Wildman–Crippen LogP) is 4.15. The number of benzene rings is 1. The summed E-state index contributed by atoms with van der Waals surface area (Å²) in [5.74, 6) is 3.00. The Morgan fingerprint density at radius 1 is 0.941 bits per heavy atom. The summed E-state index contributed by atoms with van der Waals surface area (Å²) in [7, 11) is -0.314. The van der Waals surface area contributed by atoms with E-state index in [1.54, 1.807) is 0 Å². The van der Waals surface area contributed by atoms with E-state index in [0.29, 0.717) is 13.2 Å². The summed E-state index contributed by atoms with van der Waals surface area (Å²) in [5, 5.41) is 0. The molecule has 1 aromatic heterocycles. The fourth-order valence-electron chi connectivity index (χ4n) is 4.20. The summed E-state index contributed by atoms with van der Waals surface area (Å²) in [6.07, 6.45) is 4.80. The van der Waals surface area contributed by atoms with E-state index >= 15 is 0 Å². The van der Waals surface area contributed by atoms with Crippen LogP contribution in [0.1, 0.15) is 38.8 Å². The molecule has 0 radical (unpaired) electrons. The first kappa shape index (κ1) is 24.9. The summed E-state index contributed by atoms with van der Waals surface area (Å²) < 4.78 is 17.7. The maximum absolute atomic E-state index is 5.95. The van der Waals surface area contributed by atoms with E-state index in [4.69, 9.17) is 19.0 Å². The van der Waals surface area contributed by atoms with Crippen molar-refractivity contribution in [3.63, 3.8) is 0 Å². The van der Waals surface area contributed by atoms with Gasteiger partial charge in [0.1, 0.15) is 5.82 Å². The Labute approximate surface area is 205 Å². The first-order chi connectivity index (χ1) is 16.3. The molecule has 182 valence electrons. The highest BCUT2D eigenvalue weighted by atomic mass is 16.7. The number of nitrogens with zero attached hydrogens (tertiary/aromatic N) is 3. The zero-order valence-corrected chi connectivity index (χ0v) is 21.1. The van der Waals surface area contributed by atoms with Crippen LogP contribution in [0.15, 0.2) is 60.7 Å². The second kappa shape index (κ2) is 11.0. The molecule has 0 aliphatic carbocycles. The van der Waals surface area contributed by atoms with E-state index in [9.17, 15) is 0 Å². The number of aromatic nitrogens is 1. The van der Waals surface area contributed by atoms with E-state index < -0.39 is 0 Å². The molecule has 2 aliphatic heterocycles. The number of hydrogen-bond acceptors (Lipinski definition) is 6. The standard InChI is InChI=1S/C27H38BN3O3/c1-26(2)27(3,4)34-28(33-26)14-8-19-32-20-13-23-11-12-25(29-21-23)31-17-15-30(16-18-31)22-24-9-6-5-7-10-24/h5-12,14,21H,13,15-20,22H2,1-4H3/b14-8+.